The first kappa shape index (κ1) is 18.5. The molecule has 0 amide bonds. The van der Waals surface area contributed by atoms with E-state index in [0.29, 0.717) is 25.3 Å². The first-order valence-corrected chi connectivity index (χ1v) is 7.52. The van der Waals surface area contributed by atoms with Crippen LogP contribution in [0.2, 0.25) is 0 Å². The number of rotatable bonds is 9. The van der Waals surface area contributed by atoms with Gasteiger partial charge in [0.1, 0.15) is 11.4 Å². The van der Waals surface area contributed by atoms with Crippen LogP contribution in [0.5, 0.6) is 5.75 Å². The van der Waals surface area contributed by atoms with Crippen molar-refractivity contribution < 1.29 is 19.4 Å². The Balaban J connectivity index is 2.56. The summed E-state index contributed by atoms with van der Waals surface area (Å²) in [6.07, 6.45) is 1.49. The minimum atomic E-state index is -0.963. The lowest BCUT2D eigenvalue weighted by molar-refractivity contribution is -0.0435. The highest BCUT2D eigenvalue weighted by atomic mass is 16.5. The zero-order chi connectivity index (χ0) is 16.8. The van der Waals surface area contributed by atoms with Crippen LogP contribution in [0, 0.1) is 0 Å². The van der Waals surface area contributed by atoms with Crippen LogP contribution in [0.25, 0.3) is 0 Å². The number of carbonyl (C=O) groups is 1. The third-order valence-corrected chi connectivity index (χ3v) is 3.42. The molecule has 0 radical (unpaired) electrons. The predicted octanol–water partition coefficient (Wildman–Crippen LogP) is 3.08. The van der Waals surface area contributed by atoms with Crippen LogP contribution in [-0.4, -0.2) is 35.4 Å². The monoisotopic (exact) mass is 309 g/mol. The van der Waals surface area contributed by atoms with Crippen LogP contribution < -0.4 is 10.5 Å². The van der Waals surface area contributed by atoms with Crippen molar-refractivity contribution in [2.75, 3.05) is 13.2 Å². The largest absolute Gasteiger partial charge is 0.488 e. The molecule has 0 unspecified atom stereocenters. The normalized spacial score (nSPS) is 12.2. The SMILES string of the molecule is CC(C)(CCN)OCCC(C)(C)Oc1cccc(C(=O)O)c1. The maximum absolute atomic E-state index is 11.0. The van der Waals surface area contributed by atoms with Gasteiger partial charge in [-0.15, -0.1) is 0 Å². The highest BCUT2D eigenvalue weighted by Crippen LogP contribution is 2.23. The van der Waals surface area contributed by atoms with Gasteiger partial charge in [-0.25, -0.2) is 4.79 Å². The topological polar surface area (TPSA) is 81.8 Å². The minimum Gasteiger partial charge on any atom is -0.488 e. The van der Waals surface area contributed by atoms with Crippen molar-refractivity contribution in [3.05, 3.63) is 29.8 Å². The molecule has 0 atom stereocenters. The van der Waals surface area contributed by atoms with E-state index in [1.807, 2.05) is 27.7 Å². The first-order chi connectivity index (χ1) is 10.2. The molecule has 3 N–H and O–H groups in total. The van der Waals surface area contributed by atoms with Gasteiger partial charge in [-0.3, -0.25) is 0 Å². The summed E-state index contributed by atoms with van der Waals surface area (Å²) in [4.78, 5) is 11.0. The molecule has 0 aromatic heterocycles. The van der Waals surface area contributed by atoms with Crippen LogP contribution in [0.15, 0.2) is 24.3 Å². The van der Waals surface area contributed by atoms with Crippen molar-refractivity contribution in [2.45, 2.75) is 51.7 Å². The van der Waals surface area contributed by atoms with E-state index in [9.17, 15) is 4.79 Å². The van der Waals surface area contributed by atoms with E-state index in [-0.39, 0.29) is 11.2 Å². The molecule has 0 bridgehead atoms. The van der Waals surface area contributed by atoms with Gasteiger partial charge in [0.05, 0.1) is 17.8 Å². The Bertz CT molecular complexity index is 497. The van der Waals surface area contributed by atoms with E-state index < -0.39 is 11.6 Å². The first-order valence-electron chi connectivity index (χ1n) is 7.52. The van der Waals surface area contributed by atoms with Gasteiger partial charge in [-0.1, -0.05) is 6.07 Å². The Hall–Kier alpha value is -1.59. The molecule has 5 heteroatoms. The molecular weight excluding hydrogens is 282 g/mol. The lowest BCUT2D eigenvalue weighted by atomic mass is 10.0. The van der Waals surface area contributed by atoms with Crippen molar-refractivity contribution in [2.24, 2.45) is 5.73 Å². The third-order valence-electron chi connectivity index (χ3n) is 3.42. The number of ether oxygens (including phenoxy) is 2. The van der Waals surface area contributed by atoms with E-state index in [2.05, 4.69) is 0 Å². The van der Waals surface area contributed by atoms with Crippen molar-refractivity contribution in [3.8, 4) is 5.75 Å². The smallest absolute Gasteiger partial charge is 0.335 e. The summed E-state index contributed by atoms with van der Waals surface area (Å²) in [5.41, 5.74) is 5.09. The van der Waals surface area contributed by atoms with Gasteiger partial charge >= 0.3 is 5.97 Å². The fourth-order valence-corrected chi connectivity index (χ4v) is 2.06. The maximum atomic E-state index is 11.0. The number of hydrogen-bond donors (Lipinski definition) is 2. The van der Waals surface area contributed by atoms with Gasteiger partial charge in [0.2, 0.25) is 0 Å². The molecule has 0 heterocycles. The average molecular weight is 309 g/mol. The van der Waals surface area contributed by atoms with Crippen LogP contribution in [-0.2, 0) is 4.74 Å². The molecule has 0 spiro atoms. The molecule has 22 heavy (non-hydrogen) atoms. The molecular formula is C17H27NO4. The van der Waals surface area contributed by atoms with Crippen LogP contribution in [0.3, 0.4) is 0 Å². The van der Waals surface area contributed by atoms with Crippen molar-refractivity contribution in [1.29, 1.82) is 0 Å². The lowest BCUT2D eigenvalue weighted by Crippen LogP contribution is -2.34. The van der Waals surface area contributed by atoms with Crippen LogP contribution in [0.4, 0.5) is 0 Å². The number of benzene rings is 1. The van der Waals surface area contributed by atoms with E-state index in [1.54, 1.807) is 18.2 Å². The summed E-state index contributed by atoms with van der Waals surface area (Å²) < 4.78 is 11.8. The number of carboxylic acid groups (broad SMARTS) is 1. The average Bonchev–Trinajstić information content (AvgIpc) is 2.37. The predicted molar refractivity (Wildman–Crippen MR) is 86.4 cm³/mol. The highest BCUT2D eigenvalue weighted by Gasteiger charge is 2.23. The van der Waals surface area contributed by atoms with E-state index >= 15 is 0 Å². The van der Waals surface area contributed by atoms with Gasteiger partial charge in [0.15, 0.2) is 0 Å². The molecule has 1 aromatic carbocycles. The Morgan fingerprint density at radius 1 is 1.18 bits per heavy atom. The van der Waals surface area contributed by atoms with Gasteiger partial charge in [-0.05, 0) is 58.9 Å². The molecule has 0 saturated carbocycles. The van der Waals surface area contributed by atoms with Gasteiger partial charge in [-0.2, -0.15) is 0 Å². The number of aromatic carboxylic acids is 1. The second kappa shape index (κ2) is 7.61. The second-order valence-corrected chi connectivity index (χ2v) is 6.59. The Labute approximate surface area is 132 Å². The Morgan fingerprint density at radius 2 is 1.86 bits per heavy atom. The third kappa shape index (κ3) is 6.45. The summed E-state index contributed by atoms with van der Waals surface area (Å²) in [7, 11) is 0. The molecule has 124 valence electrons. The van der Waals surface area contributed by atoms with Gasteiger partial charge in [0.25, 0.3) is 0 Å². The number of nitrogens with two attached hydrogens (primary N) is 1. The zero-order valence-corrected chi connectivity index (χ0v) is 13.9. The van der Waals surface area contributed by atoms with E-state index in [1.165, 1.54) is 6.07 Å². The quantitative estimate of drug-likeness (QED) is 0.732. The Morgan fingerprint density at radius 3 is 2.45 bits per heavy atom. The lowest BCUT2D eigenvalue weighted by Gasteiger charge is -2.30. The number of carboxylic acids is 1. The summed E-state index contributed by atoms with van der Waals surface area (Å²) in [5.74, 6) is -0.416. The fourth-order valence-electron chi connectivity index (χ4n) is 2.06. The maximum Gasteiger partial charge on any atom is 0.335 e. The molecule has 0 aliphatic heterocycles. The van der Waals surface area contributed by atoms with E-state index in [0.717, 1.165) is 6.42 Å². The van der Waals surface area contributed by atoms with Gasteiger partial charge in [0, 0.05) is 6.42 Å². The van der Waals surface area contributed by atoms with Crippen molar-refractivity contribution >= 4 is 5.97 Å². The molecule has 5 nitrogen and oxygen atoms in total. The highest BCUT2D eigenvalue weighted by molar-refractivity contribution is 5.88. The summed E-state index contributed by atoms with van der Waals surface area (Å²) in [6.45, 7) is 9.10. The van der Waals surface area contributed by atoms with Crippen molar-refractivity contribution in [1.82, 2.24) is 0 Å². The fraction of sp³-hybridized carbons (Fsp3) is 0.588. The molecule has 0 aliphatic carbocycles. The molecule has 0 saturated heterocycles. The minimum absolute atomic E-state index is 0.216. The zero-order valence-electron chi connectivity index (χ0n) is 13.9. The standard InChI is InChI=1S/C17H27NO4/c1-16(2,8-10-18)21-11-9-17(3,4)22-14-7-5-6-13(12-14)15(19)20/h5-7,12H,8-11,18H2,1-4H3,(H,19,20). The van der Waals surface area contributed by atoms with E-state index in [4.69, 9.17) is 20.3 Å². The molecule has 1 rings (SSSR count). The summed E-state index contributed by atoms with van der Waals surface area (Å²) in [6, 6.07) is 6.51. The molecule has 0 aliphatic rings. The van der Waals surface area contributed by atoms with Gasteiger partial charge < -0.3 is 20.3 Å². The van der Waals surface area contributed by atoms with Crippen LogP contribution >= 0.6 is 0 Å². The summed E-state index contributed by atoms with van der Waals surface area (Å²) >= 11 is 0. The van der Waals surface area contributed by atoms with Crippen LogP contribution in [0.1, 0.15) is 50.9 Å². The van der Waals surface area contributed by atoms with Crippen molar-refractivity contribution in [3.63, 3.8) is 0 Å². The number of hydrogen-bond acceptors (Lipinski definition) is 4. The molecule has 1 aromatic rings. The Kier molecular flexibility index (Phi) is 6.38. The second-order valence-electron chi connectivity index (χ2n) is 6.59. The summed E-state index contributed by atoms with van der Waals surface area (Å²) in [5, 5.41) is 9.00. The molecule has 0 fully saturated rings.